The summed E-state index contributed by atoms with van der Waals surface area (Å²) >= 11 is 9.13. The molecule has 0 N–H and O–H groups in total. The van der Waals surface area contributed by atoms with Gasteiger partial charge >= 0.3 is 5.97 Å². The minimum atomic E-state index is -0.358. The first-order valence-corrected chi connectivity index (χ1v) is 13.4. The SMILES string of the molecule is CCOC(=O)Cc1c(C(=O)c2ccc(Cl)cc2)sc(SCc2ccc(C)cc2)c1-[n+]1ccccc1.[Br-]. The number of esters is 1. The molecule has 0 bridgehead atoms. The Morgan fingerprint density at radius 2 is 1.67 bits per heavy atom. The highest BCUT2D eigenvalue weighted by molar-refractivity contribution is 8.00. The summed E-state index contributed by atoms with van der Waals surface area (Å²) in [4.78, 5) is 26.8. The van der Waals surface area contributed by atoms with Crippen LogP contribution in [0.15, 0.2) is 83.3 Å². The number of carbonyl (C=O) groups excluding carboxylic acids is 2. The Balaban J connectivity index is 0.00000361. The topological polar surface area (TPSA) is 47.3 Å². The van der Waals surface area contributed by atoms with E-state index in [0.717, 1.165) is 15.6 Å². The molecule has 2 aromatic carbocycles. The lowest BCUT2D eigenvalue weighted by atomic mass is 10.0. The summed E-state index contributed by atoms with van der Waals surface area (Å²) in [6, 6.07) is 21.1. The number of pyridine rings is 1. The second-order valence-electron chi connectivity index (χ2n) is 7.92. The van der Waals surface area contributed by atoms with Crippen molar-refractivity contribution in [3.63, 3.8) is 0 Å². The van der Waals surface area contributed by atoms with Gasteiger partial charge < -0.3 is 21.7 Å². The van der Waals surface area contributed by atoms with E-state index >= 15 is 0 Å². The number of hydrogen-bond donors (Lipinski definition) is 0. The number of rotatable bonds is 9. The van der Waals surface area contributed by atoms with Gasteiger partial charge in [0.2, 0.25) is 11.5 Å². The van der Waals surface area contributed by atoms with Gasteiger partial charge in [-0.1, -0.05) is 47.5 Å². The van der Waals surface area contributed by atoms with Crippen molar-refractivity contribution in [1.82, 2.24) is 0 Å². The Hall–Kier alpha value is -2.45. The van der Waals surface area contributed by atoms with Crippen molar-refractivity contribution >= 4 is 46.5 Å². The van der Waals surface area contributed by atoms with Crippen LogP contribution in [0.4, 0.5) is 0 Å². The molecule has 36 heavy (non-hydrogen) atoms. The number of halogens is 2. The van der Waals surface area contributed by atoms with Gasteiger partial charge in [-0.2, -0.15) is 4.57 Å². The molecule has 0 atom stereocenters. The van der Waals surface area contributed by atoms with Crippen LogP contribution in [0.2, 0.25) is 5.02 Å². The highest BCUT2D eigenvalue weighted by atomic mass is 79.9. The lowest BCUT2D eigenvalue weighted by Gasteiger charge is -2.06. The third kappa shape index (κ3) is 6.85. The molecule has 0 amide bonds. The number of hydrogen-bond acceptors (Lipinski definition) is 5. The van der Waals surface area contributed by atoms with Crippen LogP contribution in [0.5, 0.6) is 0 Å². The number of nitrogens with zero attached hydrogens (tertiary/aromatic N) is 1. The minimum absolute atomic E-state index is 0. The van der Waals surface area contributed by atoms with Crippen LogP contribution in [0.1, 0.15) is 38.8 Å². The van der Waals surface area contributed by atoms with Gasteiger partial charge in [-0.05, 0) is 43.7 Å². The molecule has 8 heteroatoms. The van der Waals surface area contributed by atoms with Crippen LogP contribution in [-0.2, 0) is 21.7 Å². The molecule has 0 saturated carbocycles. The zero-order valence-electron chi connectivity index (χ0n) is 19.9. The van der Waals surface area contributed by atoms with Gasteiger partial charge in [-0.25, -0.2) is 0 Å². The molecule has 4 nitrogen and oxygen atoms in total. The Bertz CT molecular complexity index is 1320. The predicted molar refractivity (Wildman–Crippen MR) is 142 cm³/mol. The molecule has 4 rings (SSSR count). The quantitative estimate of drug-likeness (QED) is 0.127. The Morgan fingerprint density at radius 3 is 2.31 bits per heavy atom. The first kappa shape index (κ1) is 28.1. The van der Waals surface area contributed by atoms with E-state index < -0.39 is 0 Å². The maximum Gasteiger partial charge on any atom is 0.310 e. The first-order chi connectivity index (χ1) is 17.0. The fourth-order valence-electron chi connectivity index (χ4n) is 3.61. The fourth-order valence-corrected chi connectivity index (χ4v) is 6.27. The van der Waals surface area contributed by atoms with Crippen molar-refractivity contribution < 1.29 is 35.9 Å². The average molecular weight is 603 g/mol. The van der Waals surface area contributed by atoms with E-state index in [4.69, 9.17) is 16.3 Å². The lowest BCUT2D eigenvalue weighted by molar-refractivity contribution is -0.598. The Morgan fingerprint density at radius 1 is 1.00 bits per heavy atom. The number of thiophene rings is 1. The molecule has 2 heterocycles. The second-order valence-corrected chi connectivity index (χ2v) is 10.6. The number of benzene rings is 2. The van der Waals surface area contributed by atoms with E-state index in [1.165, 1.54) is 22.5 Å². The predicted octanol–water partition coefficient (Wildman–Crippen LogP) is 3.62. The number of aromatic nitrogens is 1. The molecule has 0 aliphatic heterocycles. The van der Waals surface area contributed by atoms with Crippen molar-refractivity contribution in [3.05, 3.63) is 111 Å². The zero-order valence-corrected chi connectivity index (χ0v) is 23.8. The van der Waals surface area contributed by atoms with E-state index in [1.54, 1.807) is 43.0 Å². The number of carbonyl (C=O) groups is 2. The van der Waals surface area contributed by atoms with Crippen LogP contribution in [0.25, 0.3) is 5.69 Å². The first-order valence-electron chi connectivity index (χ1n) is 11.2. The summed E-state index contributed by atoms with van der Waals surface area (Å²) in [5.74, 6) is 0.253. The van der Waals surface area contributed by atoms with E-state index in [0.29, 0.717) is 21.0 Å². The molecule has 0 aliphatic rings. The van der Waals surface area contributed by atoms with E-state index in [9.17, 15) is 9.59 Å². The van der Waals surface area contributed by atoms with Crippen molar-refractivity contribution in [2.24, 2.45) is 0 Å². The zero-order chi connectivity index (χ0) is 24.8. The van der Waals surface area contributed by atoms with Crippen LogP contribution in [0, 0.1) is 6.92 Å². The lowest BCUT2D eigenvalue weighted by Crippen LogP contribution is -3.00. The molecule has 4 aromatic rings. The molecule has 0 saturated heterocycles. The van der Waals surface area contributed by atoms with Gasteiger partial charge in [0.25, 0.3) is 0 Å². The summed E-state index contributed by atoms with van der Waals surface area (Å²) in [7, 11) is 0. The second kappa shape index (κ2) is 13.2. The van der Waals surface area contributed by atoms with Crippen molar-refractivity contribution in [2.75, 3.05) is 6.61 Å². The number of thioether (sulfide) groups is 1. The highest BCUT2D eigenvalue weighted by Gasteiger charge is 2.31. The van der Waals surface area contributed by atoms with Crippen LogP contribution in [0.3, 0.4) is 0 Å². The minimum Gasteiger partial charge on any atom is -1.00 e. The Labute approximate surface area is 235 Å². The van der Waals surface area contributed by atoms with Crippen molar-refractivity contribution in [2.45, 2.75) is 30.2 Å². The molecule has 186 valence electrons. The maximum atomic E-state index is 13.6. The van der Waals surface area contributed by atoms with E-state index in [2.05, 4.69) is 31.2 Å². The van der Waals surface area contributed by atoms with Gasteiger partial charge in [0, 0.05) is 28.5 Å². The third-order valence-electron chi connectivity index (χ3n) is 5.35. The molecular formula is C28H25BrClNO3S2. The summed E-state index contributed by atoms with van der Waals surface area (Å²) in [5, 5.41) is 0.564. The van der Waals surface area contributed by atoms with Crippen LogP contribution >= 0.6 is 34.7 Å². The standard InChI is InChI=1S/C28H25ClNO3S2.BrH/c1-3-33-24(31)17-23-25(30-15-5-4-6-16-30)28(34-18-20-9-7-19(2)8-10-20)35-27(23)26(32)21-11-13-22(29)14-12-21;/h4-16H,3,17-18H2,1-2H3;1H/q+1;/p-1. The molecule has 0 aliphatic carbocycles. The number of aryl methyl sites for hydroxylation is 1. The molecule has 0 fully saturated rings. The summed E-state index contributed by atoms with van der Waals surface area (Å²) in [5.41, 5.74) is 4.45. The van der Waals surface area contributed by atoms with Crippen molar-refractivity contribution in [1.29, 1.82) is 0 Å². The van der Waals surface area contributed by atoms with E-state index in [-0.39, 0.29) is 41.8 Å². The van der Waals surface area contributed by atoms with Gasteiger partial charge in [0.15, 0.2) is 12.4 Å². The maximum absolute atomic E-state index is 13.6. The fraction of sp³-hybridized carbons (Fsp3) is 0.179. The average Bonchev–Trinajstić information content (AvgIpc) is 3.22. The highest BCUT2D eigenvalue weighted by Crippen LogP contribution is 2.39. The van der Waals surface area contributed by atoms with Crippen LogP contribution in [-0.4, -0.2) is 18.4 Å². The molecule has 0 radical (unpaired) electrons. The Kier molecular flexibility index (Phi) is 10.3. The molecule has 0 spiro atoms. The van der Waals surface area contributed by atoms with Gasteiger partial charge in [-0.3, -0.25) is 9.59 Å². The third-order valence-corrected chi connectivity index (χ3v) is 8.15. The van der Waals surface area contributed by atoms with Crippen LogP contribution < -0.4 is 21.5 Å². The van der Waals surface area contributed by atoms with Gasteiger partial charge in [0.05, 0.1) is 23.5 Å². The smallest absolute Gasteiger partial charge is 0.310 e. The molecule has 0 unspecified atom stereocenters. The van der Waals surface area contributed by atoms with Gasteiger partial charge in [0.1, 0.15) is 4.21 Å². The monoisotopic (exact) mass is 601 g/mol. The normalized spacial score (nSPS) is 10.5. The largest absolute Gasteiger partial charge is 1.00 e. The molecular weight excluding hydrogens is 578 g/mol. The number of ether oxygens (including phenoxy) is 1. The summed E-state index contributed by atoms with van der Waals surface area (Å²) in [6.07, 6.45) is 3.88. The number of ketones is 1. The molecule has 2 aromatic heterocycles. The van der Waals surface area contributed by atoms with E-state index in [1.807, 2.05) is 35.2 Å². The van der Waals surface area contributed by atoms with Crippen molar-refractivity contribution in [3.8, 4) is 5.69 Å². The van der Waals surface area contributed by atoms with Gasteiger partial charge in [-0.15, -0.1) is 23.1 Å². The summed E-state index contributed by atoms with van der Waals surface area (Å²) in [6.45, 7) is 4.13. The summed E-state index contributed by atoms with van der Waals surface area (Å²) < 4.78 is 8.21.